The predicted octanol–water partition coefficient (Wildman–Crippen LogP) is 4.34. The molecule has 7 nitrogen and oxygen atoms in total. The van der Waals surface area contributed by atoms with Crippen LogP contribution >= 0.6 is 0 Å². The van der Waals surface area contributed by atoms with E-state index in [0.29, 0.717) is 49.8 Å². The van der Waals surface area contributed by atoms with Crippen LogP contribution in [0.15, 0.2) is 53.5 Å². The Kier molecular flexibility index (Phi) is 6.86. The van der Waals surface area contributed by atoms with Crippen LogP contribution in [-0.2, 0) is 18.0 Å². The third-order valence-corrected chi connectivity index (χ3v) is 5.97. The molecule has 0 spiro atoms. The smallest absolute Gasteiger partial charge is 0.378 e. The number of anilines is 2. The summed E-state index contributed by atoms with van der Waals surface area (Å²) >= 11 is 0. The number of morpholine rings is 1. The van der Waals surface area contributed by atoms with E-state index in [1.54, 1.807) is 43.6 Å². The van der Waals surface area contributed by atoms with Gasteiger partial charge in [-0.1, -0.05) is 6.07 Å². The van der Waals surface area contributed by atoms with Crippen LogP contribution in [0.2, 0.25) is 0 Å². The van der Waals surface area contributed by atoms with Crippen LogP contribution < -0.4 is 15.8 Å². The molecule has 0 unspecified atom stereocenters. The molecular formula is C26H23F3N4O3. The second-order valence-corrected chi connectivity index (χ2v) is 8.52. The van der Waals surface area contributed by atoms with E-state index >= 15 is 0 Å². The summed E-state index contributed by atoms with van der Waals surface area (Å²) in [5.74, 6) is -0.776. The molecule has 36 heavy (non-hydrogen) atoms. The molecule has 1 fully saturated rings. The number of rotatable bonds is 4. The number of nitriles is 1. The van der Waals surface area contributed by atoms with Gasteiger partial charge in [-0.05, 0) is 54.4 Å². The number of hydrogen-bond donors (Lipinski definition) is 1. The lowest BCUT2D eigenvalue weighted by Crippen LogP contribution is -2.40. The summed E-state index contributed by atoms with van der Waals surface area (Å²) < 4.78 is 46.5. The van der Waals surface area contributed by atoms with Crippen molar-refractivity contribution in [3.8, 4) is 17.2 Å². The molecule has 186 valence electrons. The van der Waals surface area contributed by atoms with Gasteiger partial charge in [0.1, 0.15) is 5.69 Å². The number of benzene rings is 2. The first-order chi connectivity index (χ1) is 17.1. The number of hydrogen-bond acceptors (Lipinski definition) is 5. The Labute approximate surface area is 205 Å². The topological polar surface area (TPSA) is 87.4 Å². The zero-order valence-corrected chi connectivity index (χ0v) is 19.6. The fourth-order valence-corrected chi connectivity index (χ4v) is 4.07. The van der Waals surface area contributed by atoms with Gasteiger partial charge in [0.25, 0.3) is 11.5 Å². The zero-order valence-electron chi connectivity index (χ0n) is 19.6. The number of alkyl halides is 3. The fraction of sp³-hybridized carbons (Fsp3) is 0.269. The molecule has 1 aliphatic heterocycles. The fourth-order valence-electron chi connectivity index (χ4n) is 4.07. The SMILES string of the molecule is Cc1ccc(NC(=O)c2cc(C#N)cc(C(F)(F)F)c2)cc1-c1cc(N2CCOCC2)c(=O)n(C)c1. The summed E-state index contributed by atoms with van der Waals surface area (Å²) in [5.41, 5.74) is 1.53. The van der Waals surface area contributed by atoms with Crippen molar-refractivity contribution in [2.24, 2.45) is 7.05 Å². The number of carbonyl (C=O) groups is 1. The average Bonchev–Trinajstić information content (AvgIpc) is 2.86. The maximum absolute atomic E-state index is 13.2. The van der Waals surface area contributed by atoms with Gasteiger partial charge in [0.05, 0.1) is 30.4 Å². The minimum atomic E-state index is -4.69. The third kappa shape index (κ3) is 5.26. The van der Waals surface area contributed by atoms with Crippen LogP contribution in [0, 0.1) is 18.3 Å². The Morgan fingerprint density at radius 1 is 1.11 bits per heavy atom. The number of amides is 1. The minimum absolute atomic E-state index is 0.138. The zero-order chi connectivity index (χ0) is 26.0. The number of ether oxygens (including phenoxy) is 1. The average molecular weight is 496 g/mol. The van der Waals surface area contributed by atoms with E-state index in [9.17, 15) is 22.8 Å². The molecule has 1 saturated heterocycles. The molecule has 2 aromatic carbocycles. The second-order valence-electron chi connectivity index (χ2n) is 8.52. The molecule has 0 bridgehead atoms. The summed E-state index contributed by atoms with van der Waals surface area (Å²) in [4.78, 5) is 27.5. The Morgan fingerprint density at radius 2 is 1.83 bits per heavy atom. The van der Waals surface area contributed by atoms with Crippen molar-refractivity contribution in [2.75, 3.05) is 36.5 Å². The Hall–Kier alpha value is -4.10. The van der Waals surface area contributed by atoms with Crippen molar-refractivity contribution in [3.05, 3.63) is 81.3 Å². The highest BCUT2D eigenvalue weighted by atomic mass is 19.4. The van der Waals surface area contributed by atoms with Gasteiger partial charge in [-0.3, -0.25) is 9.59 Å². The van der Waals surface area contributed by atoms with Crippen molar-refractivity contribution < 1.29 is 22.7 Å². The standard InChI is InChI=1S/C26H23F3N4O3/c1-16-3-4-21(31-24(34)18-9-17(14-30)10-20(11-18)26(27,28)29)13-22(16)19-12-23(25(35)32(2)15-19)33-5-7-36-8-6-33/h3-4,9-13,15H,5-8H2,1-2H3,(H,31,34). The number of nitrogens with one attached hydrogen (secondary N) is 1. The summed E-state index contributed by atoms with van der Waals surface area (Å²) in [6.07, 6.45) is -2.99. The molecule has 2 heterocycles. The van der Waals surface area contributed by atoms with Crippen LogP contribution in [-0.4, -0.2) is 36.8 Å². The minimum Gasteiger partial charge on any atom is -0.378 e. The van der Waals surface area contributed by atoms with Crippen molar-refractivity contribution in [3.63, 3.8) is 0 Å². The van der Waals surface area contributed by atoms with Gasteiger partial charge in [0.2, 0.25) is 0 Å². The Morgan fingerprint density at radius 3 is 2.50 bits per heavy atom. The van der Waals surface area contributed by atoms with Gasteiger partial charge in [0, 0.05) is 43.1 Å². The van der Waals surface area contributed by atoms with E-state index in [4.69, 9.17) is 10.00 Å². The Balaban J connectivity index is 1.68. The quantitative estimate of drug-likeness (QED) is 0.581. The van der Waals surface area contributed by atoms with E-state index in [0.717, 1.165) is 22.8 Å². The molecule has 10 heteroatoms. The van der Waals surface area contributed by atoms with E-state index in [1.807, 2.05) is 11.8 Å². The number of aryl methyl sites for hydroxylation is 2. The predicted molar refractivity (Wildman–Crippen MR) is 129 cm³/mol. The highest BCUT2D eigenvalue weighted by Crippen LogP contribution is 2.32. The van der Waals surface area contributed by atoms with Crippen LogP contribution in [0.1, 0.15) is 27.0 Å². The molecule has 1 aromatic heterocycles. The summed E-state index contributed by atoms with van der Waals surface area (Å²) in [6, 6.07) is 11.1. The monoisotopic (exact) mass is 496 g/mol. The van der Waals surface area contributed by atoms with E-state index in [1.165, 1.54) is 4.57 Å². The first-order valence-electron chi connectivity index (χ1n) is 11.1. The second kappa shape index (κ2) is 9.87. The highest BCUT2D eigenvalue weighted by Gasteiger charge is 2.32. The van der Waals surface area contributed by atoms with Gasteiger partial charge in [0.15, 0.2) is 0 Å². The molecule has 0 atom stereocenters. The lowest BCUT2D eigenvalue weighted by molar-refractivity contribution is -0.137. The maximum atomic E-state index is 13.2. The lowest BCUT2D eigenvalue weighted by atomic mass is 10.00. The normalized spacial score (nSPS) is 13.8. The van der Waals surface area contributed by atoms with Crippen molar-refractivity contribution in [2.45, 2.75) is 13.1 Å². The summed E-state index contributed by atoms with van der Waals surface area (Å²) in [6.45, 7) is 4.12. The summed E-state index contributed by atoms with van der Waals surface area (Å²) in [7, 11) is 1.66. The molecule has 0 saturated carbocycles. The highest BCUT2D eigenvalue weighted by molar-refractivity contribution is 6.05. The molecule has 1 amide bonds. The number of nitrogens with zero attached hydrogens (tertiary/aromatic N) is 3. The number of halogens is 3. The number of carbonyl (C=O) groups excluding carboxylic acids is 1. The molecule has 0 aliphatic carbocycles. The van der Waals surface area contributed by atoms with Crippen molar-refractivity contribution in [1.82, 2.24) is 4.57 Å². The van der Waals surface area contributed by atoms with Crippen molar-refractivity contribution in [1.29, 1.82) is 5.26 Å². The van der Waals surface area contributed by atoms with Crippen molar-refractivity contribution >= 4 is 17.3 Å². The number of pyridine rings is 1. The first kappa shape index (κ1) is 25.0. The summed E-state index contributed by atoms with van der Waals surface area (Å²) in [5, 5.41) is 11.7. The van der Waals surface area contributed by atoms with Gasteiger partial charge in [-0.15, -0.1) is 0 Å². The van der Waals surface area contributed by atoms with Gasteiger partial charge in [-0.2, -0.15) is 18.4 Å². The van der Waals surface area contributed by atoms with Crippen LogP contribution in [0.25, 0.3) is 11.1 Å². The Bertz CT molecular complexity index is 1420. The van der Waals surface area contributed by atoms with E-state index in [-0.39, 0.29) is 16.7 Å². The molecule has 0 radical (unpaired) electrons. The largest absolute Gasteiger partial charge is 0.416 e. The van der Waals surface area contributed by atoms with Crippen LogP contribution in [0.4, 0.5) is 24.5 Å². The first-order valence-corrected chi connectivity index (χ1v) is 11.1. The van der Waals surface area contributed by atoms with Gasteiger partial charge in [-0.25, -0.2) is 0 Å². The van der Waals surface area contributed by atoms with Crippen LogP contribution in [0.5, 0.6) is 0 Å². The lowest BCUT2D eigenvalue weighted by Gasteiger charge is -2.29. The molecule has 1 aliphatic rings. The van der Waals surface area contributed by atoms with Gasteiger partial charge >= 0.3 is 6.18 Å². The number of aromatic nitrogens is 1. The third-order valence-electron chi connectivity index (χ3n) is 5.97. The molecule has 1 N–H and O–H groups in total. The molecular weight excluding hydrogens is 473 g/mol. The molecule has 3 aromatic rings. The molecule has 4 rings (SSSR count). The van der Waals surface area contributed by atoms with Crippen LogP contribution in [0.3, 0.4) is 0 Å². The van der Waals surface area contributed by atoms with E-state index in [2.05, 4.69) is 5.32 Å². The van der Waals surface area contributed by atoms with E-state index < -0.39 is 17.6 Å². The van der Waals surface area contributed by atoms with Gasteiger partial charge < -0.3 is 19.5 Å². The maximum Gasteiger partial charge on any atom is 0.416 e.